The lowest BCUT2D eigenvalue weighted by molar-refractivity contribution is -0.146. The molecule has 0 aliphatic rings. The molecule has 1 atom stereocenters. The first-order chi connectivity index (χ1) is 11.2. The number of amides is 1. The van der Waals surface area contributed by atoms with Gasteiger partial charge in [-0.25, -0.2) is 4.79 Å². The summed E-state index contributed by atoms with van der Waals surface area (Å²) in [6, 6.07) is 10.8. The fraction of sp³-hybridized carbons (Fsp3) is 0.222. The van der Waals surface area contributed by atoms with Gasteiger partial charge in [-0.1, -0.05) is 30.3 Å². The molecule has 120 valence electrons. The van der Waals surface area contributed by atoms with Crippen molar-refractivity contribution in [3.63, 3.8) is 0 Å². The standard InChI is InChI=1S/C18H19NO3S/c1-2-22-18(21)16(12-14-6-4-3-5-7-14)19-17(20)9-8-15-10-11-23-13-15/h3-11,13,16H,2,12H2,1H3,(H,19,20)/b9-8+. The van der Waals surface area contributed by atoms with Crippen molar-refractivity contribution in [3.8, 4) is 0 Å². The molecule has 1 aromatic heterocycles. The van der Waals surface area contributed by atoms with Gasteiger partial charge >= 0.3 is 5.97 Å². The molecular formula is C18H19NO3S. The lowest BCUT2D eigenvalue weighted by atomic mass is 10.1. The molecule has 2 aromatic rings. The van der Waals surface area contributed by atoms with E-state index in [4.69, 9.17) is 4.74 Å². The molecule has 0 bridgehead atoms. The van der Waals surface area contributed by atoms with Gasteiger partial charge in [0.15, 0.2) is 0 Å². The lowest BCUT2D eigenvalue weighted by Crippen LogP contribution is -2.42. The summed E-state index contributed by atoms with van der Waals surface area (Å²) in [4.78, 5) is 24.1. The molecule has 2 rings (SSSR count). The van der Waals surface area contributed by atoms with E-state index in [2.05, 4.69) is 5.32 Å². The van der Waals surface area contributed by atoms with Gasteiger partial charge in [-0.2, -0.15) is 11.3 Å². The second kappa shape index (κ2) is 8.90. The number of hydrogen-bond donors (Lipinski definition) is 1. The fourth-order valence-electron chi connectivity index (χ4n) is 2.05. The van der Waals surface area contributed by atoms with Crippen LogP contribution < -0.4 is 5.32 Å². The maximum absolute atomic E-state index is 12.1. The number of ether oxygens (including phenoxy) is 1. The minimum absolute atomic E-state index is 0.282. The van der Waals surface area contributed by atoms with E-state index in [9.17, 15) is 9.59 Å². The first kappa shape index (κ1) is 17.0. The van der Waals surface area contributed by atoms with E-state index in [1.54, 1.807) is 24.3 Å². The monoisotopic (exact) mass is 329 g/mol. The third kappa shape index (κ3) is 5.71. The Labute approximate surface area is 139 Å². The van der Waals surface area contributed by atoms with Gasteiger partial charge in [0.25, 0.3) is 0 Å². The van der Waals surface area contributed by atoms with Gasteiger partial charge in [-0.3, -0.25) is 4.79 Å². The topological polar surface area (TPSA) is 55.4 Å². The summed E-state index contributed by atoms with van der Waals surface area (Å²) in [5, 5.41) is 6.60. The van der Waals surface area contributed by atoms with Gasteiger partial charge in [-0.05, 0) is 41.0 Å². The summed E-state index contributed by atoms with van der Waals surface area (Å²) in [6.45, 7) is 2.03. The highest BCUT2D eigenvalue weighted by molar-refractivity contribution is 7.08. The molecule has 0 saturated carbocycles. The molecule has 0 radical (unpaired) electrons. The van der Waals surface area contributed by atoms with E-state index < -0.39 is 12.0 Å². The molecule has 4 nitrogen and oxygen atoms in total. The zero-order valence-corrected chi connectivity index (χ0v) is 13.7. The van der Waals surface area contributed by atoms with Crippen LogP contribution in [0.3, 0.4) is 0 Å². The highest BCUT2D eigenvalue weighted by Gasteiger charge is 2.21. The summed E-state index contributed by atoms with van der Waals surface area (Å²) in [5.41, 5.74) is 1.92. The van der Waals surface area contributed by atoms with Gasteiger partial charge in [0, 0.05) is 12.5 Å². The molecule has 1 unspecified atom stereocenters. The first-order valence-corrected chi connectivity index (χ1v) is 8.34. The average molecular weight is 329 g/mol. The number of carbonyl (C=O) groups excluding carboxylic acids is 2. The first-order valence-electron chi connectivity index (χ1n) is 7.40. The summed E-state index contributed by atoms with van der Waals surface area (Å²) >= 11 is 1.56. The Morgan fingerprint density at radius 2 is 2.04 bits per heavy atom. The van der Waals surface area contributed by atoms with Crippen LogP contribution in [0.15, 0.2) is 53.2 Å². The molecule has 0 spiro atoms. The number of nitrogens with one attached hydrogen (secondary N) is 1. The maximum Gasteiger partial charge on any atom is 0.328 e. The minimum atomic E-state index is -0.697. The van der Waals surface area contributed by atoms with Crippen molar-refractivity contribution < 1.29 is 14.3 Å². The summed E-state index contributed by atoms with van der Waals surface area (Å²) in [6.07, 6.45) is 3.55. The SMILES string of the molecule is CCOC(=O)C(Cc1ccccc1)NC(=O)/C=C/c1ccsc1. The van der Waals surface area contributed by atoms with Crippen LogP contribution in [0.5, 0.6) is 0 Å². The van der Waals surface area contributed by atoms with Crippen molar-refractivity contribution in [2.45, 2.75) is 19.4 Å². The molecule has 23 heavy (non-hydrogen) atoms. The molecule has 0 saturated heterocycles. The minimum Gasteiger partial charge on any atom is -0.464 e. The Kier molecular flexibility index (Phi) is 6.56. The summed E-state index contributed by atoms with van der Waals surface area (Å²) in [7, 11) is 0. The number of carbonyl (C=O) groups is 2. The van der Waals surface area contributed by atoms with Crippen LogP contribution in [0.4, 0.5) is 0 Å². The Morgan fingerprint density at radius 1 is 1.26 bits per heavy atom. The Bertz CT molecular complexity index is 650. The molecule has 0 aliphatic carbocycles. The average Bonchev–Trinajstić information content (AvgIpc) is 3.07. The summed E-state index contributed by atoms with van der Waals surface area (Å²) < 4.78 is 5.05. The predicted molar refractivity (Wildman–Crippen MR) is 92.1 cm³/mol. The Morgan fingerprint density at radius 3 is 2.70 bits per heavy atom. The summed E-state index contributed by atoms with van der Waals surface area (Å²) in [5.74, 6) is -0.737. The normalized spacial score (nSPS) is 12.0. The van der Waals surface area contributed by atoms with Crippen LogP contribution in [0, 0.1) is 0 Å². The smallest absolute Gasteiger partial charge is 0.328 e. The van der Waals surface area contributed by atoms with Gasteiger partial charge in [-0.15, -0.1) is 0 Å². The zero-order chi connectivity index (χ0) is 16.5. The number of rotatable bonds is 7. The molecule has 5 heteroatoms. The Hall–Kier alpha value is -2.40. The van der Waals surface area contributed by atoms with Crippen LogP contribution in [-0.2, 0) is 20.7 Å². The number of hydrogen-bond acceptors (Lipinski definition) is 4. The number of thiophene rings is 1. The van der Waals surface area contributed by atoms with Crippen molar-refractivity contribution >= 4 is 29.3 Å². The molecule has 0 fully saturated rings. The van der Waals surface area contributed by atoms with E-state index in [0.717, 1.165) is 11.1 Å². The number of benzene rings is 1. The van der Waals surface area contributed by atoms with Crippen LogP contribution >= 0.6 is 11.3 Å². The van der Waals surface area contributed by atoms with E-state index in [0.29, 0.717) is 6.42 Å². The highest BCUT2D eigenvalue weighted by atomic mass is 32.1. The fourth-order valence-corrected chi connectivity index (χ4v) is 2.68. The number of esters is 1. The highest BCUT2D eigenvalue weighted by Crippen LogP contribution is 2.08. The molecule has 1 N–H and O–H groups in total. The third-order valence-corrected chi connectivity index (χ3v) is 3.84. The second-order valence-electron chi connectivity index (χ2n) is 4.89. The molecular weight excluding hydrogens is 310 g/mol. The van der Waals surface area contributed by atoms with Crippen LogP contribution in [0.2, 0.25) is 0 Å². The molecule has 1 aromatic carbocycles. The molecule has 1 heterocycles. The van der Waals surface area contributed by atoms with Crippen LogP contribution in [0.1, 0.15) is 18.1 Å². The largest absolute Gasteiger partial charge is 0.464 e. The van der Waals surface area contributed by atoms with Crippen molar-refractivity contribution in [3.05, 3.63) is 64.4 Å². The van der Waals surface area contributed by atoms with Gasteiger partial charge in [0.2, 0.25) is 5.91 Å². The quantitative estimate of drug-likeness (QED) is 0.627. The van der Waals surface area contributed by atoms with E-state index in [1.165, 1.54) is 6.08 Å². The van der Waals surface area contributed by atoms with Crippen molar-refractivity contribution in [2.24, 2.45) is 0 Å². The van der Waals surface area contributed by atoms with Crippen LogP contribution in [-0.4, -0.2) is 24.5 Å². The van der Waals surface area contributed by atoms with Crippen molar-refractivity contribution in [2.75, 3.05) is 6.61 Å². The predicted octanol–water partition coefficient (Wildman–Crippen LogP) is 3.05. The third-order valence-electron chi connectivity index (χ3n) is 3.14. The van der Waals surface area contributed by atoms with Crippen molar-refractivity contribution in [1.29, 1.82) is 0 Å². The van der Waals surface area contributed by atoms with Crippen molar-refractivity contribution in [1.82, 2.24) is 5.32 Å². The zero-order valence-electron chi connectivity index (χ0n) is 12.9. The van der Waals surface area contributed by atoms with Crippen LogP contribution in [0.25, 0.3) is 6.08 Å². The van der Waals surface area contributed by atoms with E-state index >= 15 is 0 Å². The second-order valence-corrected chi connectivity index (χ2v) is 5.67. The van der Waals surface area contributed by atoms with E-state index in [-0.39, 0.29) is 12.5 Å². The lowest BCUT2D eigenvalue weighted by Gasteiger charge is -2.16. The Balaban J connectivity index is 2.01. The molecule has 0 aliphatic heterocycles. The van der Waals surface area contributed by atoms with Gasteiger partial charge < -0.3 is 10.1 Å². The van der Waals surface area contributed by atoms with Gasteiger partial charge in [0.05, 0.1) is 6.61 Å². The van der Waals surface area contributed by atoms with E-state index in [1.807, 2.05) is 47.2 Å². The maximum atomic E-state index is 12.1. The molecule has 1 amide bonds. The van der Waals surface area contributed by atoms with Gasteiger partial charge in [0.1, 0.15) is 6.04 Å².